The summed E-state index contributed by atoms with van der Waals surface area (Å²) in [5.41, 5.74) is 3.85. The second-order valence-electron chi connectivity index (χ2n) is 25.7. The van der Waals surface area contributed by atoms with Crippen molar-refractivity contribution in [3.8, 4) is 0 Å². The molecule has 4 aromatic rings. The molecule has 0 amide bonds. The number of hydrogen-bond acceptors (Lipinski definition) is 6. The minimum Gasteiger partial charge on any atom is -0.744 e. The van der Waals surface area contributed by atoms with Crippen LogP contribution in [0.3, 0.4) is 0 Å². The monoisotopic (exact) mass is 1340 g/mol. The summed E-state index contributed by atoms with van der Waals surface area (Å²) in [4.78, 5) is 0.0278. The Balaban J connectivity index is 0.000000573. The predicted octanol–water partition coefficient (Wildman–Crippen LogP) is 24.1. The first-order valence-corrected chi connectivity index (χ1v) is 38.8. The van der Waals surface area contributed by atoms with E-state index in [4.69, 9.17) is 0 Å². The van der Waals surface area contributed by atoms with Gasteiger partial charge in [-0.2, -0.15) is 0 Å². The van der Waals surface area contributed by atoms with Crippen molar-refractivity contribution in [2.45, 2.75) is 371 Å². The van der Waals surface area contributed by atoms with Gasteiger partial charge in [0.2, 0.25) is 0 Å². The fourth-order valence-electron chi connectivity index (χ4n) is 12.7. The molecule has 0 aliphatic heterocycles. The van der Waals surface area contributed by atoms with Crippen LogP contribution in [0, 0.1) is 0 Å². The van der Waals surface area contributed by atoms with E-state index in [0.717, 1.165) is 62.1 Å². The van der Waals surface area contributed by atoms with E-state index in [1.807, 2.05) is 48.5 Å². The molecule has 0 bridgehead atoms. The van der Waals surface area contributed by atoms with Crippen molar-refractivity contribution in [3.63, 3.8) is 0 Å². The normalized spacial score (nSPS) is 11.8. The number of rotatable bonds is 54. The Morgan fingerprint density at radius 1 is 0.259 bits per heavy atom. The fraction of sp³-hybridized carbons (Fsp3) is 0.737. The average molecular weight is 1340 g/mol. The van der Waals surface area contributed by atoms with Gasteiger partial charge >= 0.3 is 48.9 Å². The summed E-state index contributed by atoms with van der Waals surface area (Å²) in [6.45, 7) is 9.06. The van der Waals surface area contributed by atoms with E-state index in [1.54, 1.807) is 0 Å². The van der Waals surface area contributed by atoms with Gasteiger partial charge in [0, 0.05) is 0 Å². The average Bonchev–Trinajstić information content (AvgIpc) is 1.50. The third-order valence-electron chi connectivity index (χ3n) is 18.0. The summed E-state index contributed by atoms with van der Waals surface area (Å²) < 4.78 is 73.9. The van der Waals surface area contributed by atoms with Crippen LogP contribution in [-0.4, -0.2) is 74.8 Å². The van der Waals surface area contributed by atoms with Gasteiger partial charge < -0.3 is 9.11 Å². The van der Waals surface area contributed by atoms with E-state index >= 15 is 0 Å². The summed E-state index contributed by atoms with van der Waals surface area (Å²) in [5, 5.41) is 2.94. The van der Waals surface area contributed by atoms with Crippen LogP contribution < -0.4 is 0 Å². The van der Waals surface area contributed by atoms with Crippen molar-refractivity contribution >= 4 is 90.7 Å². The van der Waals surface area contributed by atoms with Crippen molar-refractivity contribution in [2.24, 2.45) is 0 Å². The van der Waals surface area contributed by atoms with E-state index in [-0.39, 0.29) is 58.7 Å². The van der Waals surface area contributed by atoms with Gasteiger partial charge in [-0.1, -0.05) is 371 Å². The van der Waals surface area contributed by atoms with Crippen LogP contribution in [0.5, 0.6) is 0 Å². The molecule has 0 spiro atoms. The zero-order chi connectivity index (χ0) is 60.6. The largest absolute Gasteiger partial charge is 2.00 e. The van der Waals surface area contributed by atoms with E-state index < -0.39 is 20.2 Å². The molecule has 0 radical (unpaired) electrons. The van der Waals surface area contributed by atoms with Gasteiger partial charge in [-0.25, -0.2) is 16.8 Å². The van der Waals surface area contributed by atoms with Gasteiger partial charge in [0.05, 0.1) is 9.79 Å². The van der Waals surface area contributed by atoms with Crippen LogP contribution in [0.15, 0.2) is 70.5 Å². The number of aryl methyl sites for hydroxylation is 4. The van der Waals surface area contributed by atoms with E-state index in [1.165, 1.54) is 281 Å². The topological polar surface area (TPSA) is 114 Å². The first kappa shape index (κ1) is 79.9. The first-order valence-electron chi connectivity index (χ1n) is 35.9. The third kappa shape index (κ3) is 38.3. The molecule has 0 aromatic heterocycles. The molecular weight excluding hydrogens is 1210 g/mol. The molecule has 0 N–H and O–H groups in total. The van der Waals surface area contributed by atoms with Crippen molar-refractivity contribution in [2.75, 3.05) is 0 Å². The van der Waals surface area contributed by atoms with Crippen LogP contribution in [0.2, 0.25) is 0 Å². The Bertz CT molecular complexity index is 2300. The molecule has 480 valence electrons. The maximum atomic E-state index is 12.3. The standard InChI is InChI=1S/2C38H64O3S.Ba/c2*1-3-5-7-9-11-13-15-17-19-21-23-25-27-34-29-32-37-36(33-34)31-30-35(38(37)42(39,40)41)28-26-24-22-20-18-16-14-12-10-8-6-4-2;/h2*29-33H,3-28H2,1-2H3,(H,39,40,41);/q;;+2/p-2. The quantitative estimate of drug-likeness (QED) is 0.0247. The van der Waals surface area contributed by atoms with E-state index in [9.17, 15) is 25.9 Å². The zero-order valence-corrected chi connectivity index (χ0v) is 61.6. The van der Waals surface area contributed by atoms with Crippen molar-refractivity contribution in [1.82, 2.24) is 0 Å². The third-order valence-corrected chi connectivity index (χ3v) is 19.9. The molecule has 0 saturated carbocycles. The maximum Gasteiger partial charge on any atom is 2.00 e. The molecule has 0 aliphatic carbocycles. The van der Waals surface area contributed by atoms with E-state index in [2.05, 4.69) is 39.8 Å². The van der Waals surface area contributed by atoms with Gasteiger partial charge in [-0.3, -0.25) is 0 Å². The molecule has 9 heteroatoms. The Labute approximate surface area is 565 Å². The van der Waals surface area contributed by atoms with Gasteiger partial charge in [-0.05, 0) is 95.2 Å². The second-order valence-corrected chi connectivity index (χ2v) is 28.3. The summed E-state index contributed by atoms with van der Waals surface area (Å²) >= 11 is 0. The first-order chi connectivity index (χ1) is 40.9. The Hall–Kier alpha value is -1.21. The van der Waals surface area contributed by atoms with E-state index in [0.29, 0.717) is 34.7 Å². The smallest absolute Gasteiger partial charge is 0.744 e. The van der Waals surface area contributed by atoms with Crippen LogP contribution in [0.25, 0.3) is 21.5 Å². The SMILES string of the molecule is CCCCCCCCCCCCCCc1ccc2c(S(=O)(=O)[O-])c(CCCCCCCCCCCCCC)ccc2c1.CCCCCCCCCCCCCCc1ccc2c(S(=O)(=O)[O-])c(CCCCCCCCCCCCCC)ccc2c1.[Ba+2]. The van der Waals surface area contributed by atoms with Crippen LogP contribution in [0.4, 0.5) is 0 Å². The Morgan fingerprint density at radius 2 is 0.459 bits per heavy atom. The fourth-order valence-corrected chi connectivity index (χ4v) is 14.6. The van der Waals surface area contributed by atoms with Crippen molar-refractivity contribution < 1.29 is 25.9 Å². The summed E-state index contributed by atoms with van der Waals surface area (Å²) in [5.74, 6) is 0. The van der Waals surface area contributed by atoms with Gasteiger partial charge in [-0.15, -0.1) is 0 Å². The van der Waals surface area contributed by atoms with Crippen molar-refractivity contribution in [3.05, 3.63) is 82.9 Å². The molecule has 85 heavy (non-hydrogen) atoms. The molecule has 0 atom stereocenters. The predicted molar refractivity (Wildman–Crippen MR) is 369 cm³/mol. The molecular formula is C76H126BaO6S2. The molecule has 0 heterocycles. The minimum absolute atomic E-state index is 0. The van der Waals surface area contributed by atoms with Crippen LogP contribution in [0.1, 0.15) is 358 Å². The number of hydrogen-bond donors (Lipinski definition) is 0. The van der Waals surface area contributed by atoms with Crippen LogP contribution >= 0.6 is 0 Å². The molecule has 0 saturated heterocycles. The summed E-state index contributed by atoms with van der Waals surface area (Å²) in [6.07, 6.45) is 66.0. The Morgan fingerprint density at radius 3 is 0.671 bits per heavy atom. The zero-order valence-electron chi connectivity index (χ0n) is 55.5. The molecule has 4 rings (SSSR count). The maximum absolute atomic E-state index is 12.3. The number of benzene rings is 4. The van der Waals surface area contributed by atoms with Crippen molar-refractivity contribution in [1.29, 1.82) is 0 Å². The summed E-state index contributed by atoms with van der Waals surface area (Å²) in [7, 11) is -9.06. The number of unbranched alkanes of at least 4 members (excludes halogenated alkanes) is 44. The van der Waals surface area contributed by atoms with Gasteiger partial charge in [0.1, 0.15) is 20.2 Å². The number of fused-ring (bicyclic) bond motifs is 2. The summed E-state index contributed by atoms with van der Waals surface area (Å²) in [6, 6.07) is 19.8. The second kappa shape index (κ2) is 52.4. The Kier molecular flexibility index (Phi) is 49.3. The van der Waals surface area contributed by atoms with Gasteiger partial charge in [0.15, 0.2) is 0 Å². The molecule has 6 nitrogen and oxygen atoms in total. The molecule has 4 aromatic carbocycles. The molecule has 0 fully saturated rings. The molecule has 0 aliphatic rings. The minimum atomic E-state index is -4.53. The van der Waals surface area contributed by atoms with Gasteiger partial charge in [0.25, 0.3) is 0 Å². The van der Waals surface area contributed by atoms with Crippen LogP contribution in [-0.2, 0) is 45.9 Å². The molecule has 0 unspecified atom stereocenters.